The van der Waals surface area contributed by atoms with Crippen LogP contribution in [0.15, 0.2) is 58.5 Å². The minimum atomic E-state index is -0.508. The zero-order valence-electron chi connectivity index (χ0n) is 25.8. The highest BCUT2D eigenvalue weighted by atomic mass is 16.6. The third-order valence-electron chi connectivity index (χ3n) is 7.98. The summed E-state index contributed by atoms with van der Waals surface area (Å²) in [5.74, 6) is 0.521. The predicted octanol–water partition coefficient (Wildman–Crippen LogP) is 7.31. The second kappa shape index (κ2) is 17.6. The van der Waals surface area contributed by atoms with E-state index in [0.717, 1.165) is 51.4 Å². The molecule has 2 unspecified atom stereocenters. The van der Waals surface area contributed by atoms with Crippen molar-refractivity contribution in [1.82, 2.24) is 9.80 Å². The number of nitro groups is 2. The van der Waals surface area contributed by atoms with Gasteiger partial charge in [0.2, 0.25) is 0 Å². The van der Waals surface area contributed by atoms with Crippen LogP contribution in [0.2, 0.25) is 0 Å². The van der Waals surface area contributed by atoms with E-state index in [4.69, 9.17) is 9.47 Å². The predicted molar refractivity (Wildman–Crippen MR) is 172 cm³/mol. The van der Waals surface area contributed by atoms with E-state index in [1.165, 1.54) is 74.2 Å². The van der Waals surface area contributed by atoms with Crippen LogP contribution >= 0.6 is 0 Å². The number of nitrogens with zero attached hydrogens (tertiary/aromatic N) is 6. The molecular weight excluding hydrogens is 596 g/mol. The Balaban J connectivity index is 0.995. The van der Waals surface area contributed by atoms with Crippen molar-refractivity contribution in [3.05, 3.63) is 68.8 Å². The highest BCUT2D eigenvalue weighted by molar-refractivity contribution is 5.78. The van der Waals surface area contributed by atoms with E-state index in [9.17, 15) is 29.8 Å². The zero-order valence-corrected chi connectivity index (χ0v) is 25.8. The van der Waals surface area contributed by atoms with Crippen LogP contribution in [0.1, 0.15) is 77.0 Å². The van der Waals surface area contributed by atoms with E-state index in [1.807, 2.05) is 0 Å². The first-order valence-electron chi connectivity index (χ1n) is 15.8. The Morgan fingerprint density at radius 1 is 0.609 bits per heavy atom. The average Bonchev–Trinajstić information content (AvgIpc) is 3.72. The first-order chi connectivity index (χ1) is 22.3. The van der Waals surface area contributed by atoms with Gasteiger partial charge in [-0.15, -0.1) is 0 Å². The number of amides is 2. The molecular formula is C32H40N6O8. The molecule has 2 aromatic rings. The zero-order chi connectivity index (χ0) is 32.7. The van der Waals surface area contributed by atoms with Crippen molar-refractivity contribution in [2.45, 2.75) is 89.4 Å². The Kier molecular flexibility index (Phi) is 13.0. The number of rotatable bonds is 17. The maximum Gasteiger partial charge on any atom is 0.417 e. The van der Waals surface area contributed by atoms with E-state index >= 15 is 0 Å². The summed E-state index contributed by atoms with van der Waals surface area (Å²) in [6, 6.07) is 10.9. The van der Waals surface area contributed by atoms with Crippen molar-refractivity contribution in [3.63, 3.8) is 0 Å². The SMILES string of the molecule is O=C(Oc1ccc([N+](=O)[O-])cc1)N1CC=NC1CCCCCCCCCCCCC1N=CCN1C(=O)Oc1ccc([N+](=O)[O-])cc1. The Morgan fingerprint density at radius 3 is 1.26 bits per heavy atom. The molecule has 2 atom stereocenters. The summed E-state index contributed by atoms with van der Waals surface area (Å²) < 4.78 is 10.8. The van der Waals surface area contributed by atoms with Crippen LogP contribution in [-0.4, -0.2) is 69.7 Å². The summed E-state index contributed by atoms with van der Waals surface area (Å²) in [6.45, 7) is 0.777. The Bertz CT molecular complexity index is 1280. The summed E-state index contributed by atoms with van der Waals surface area (Å²) in [7, 11) is 0. The number of nitro benzene ring substituents is 2. The summed E-state index contributed by atoms with van der Waals surface area (Å²) in [5, 5.41) is 21.6. The number of hydrogen-bond acceptors (Lipinski definition) is 10. The van der Waals surface area contributed by atoms with Gasteiger partial charge in [0.25, 0.3) is 11.4 Å². The van der Waals surface area contributed by atoms with E-state index in [1.54, 1.807) is 22.2 Å². The molecule has 246 valence electrons. The lowest BCUT2D eigenvalue weighted by Gasteiger charge is -2.22. The standard InChI is InChI=1S/C32H40N6O8/c39-31(45-27-17-13-25(14-18-27)37(41)42)35-23-21-33-29(35)11-9-7-5-3-1-2-4-6-8-10-12-30-34-22-24-36(30)32(40)46-28-19-15-26(16-20-28)38(43)44/h13-22,29-30H,1-12,23-24H2. The molecule has 0 spiro atoms. The summed E-state index contributed by atoms with van der Waals surface area (Å²) in [5.41, 5.74) is -0.125. The number of hydrogen-bond donors (Lipinski definition) is 0. The molecule has 0 aliphatic carbocycles. The van der Waals surface area contributed by atoms with Gasteiger partial charge in [0.1, 0.15) is 23.8 Å². The van der Waals surface area contributed by atoms with Gasteiger partial charge in [0.15, 0.2) is 0 Å². The highest BCUT2D eigenvalue weighted by Gasteiger charge is 2.28. The van der Waals surface area contributed by atoms with Crippen LogP contribution in [0.5, 0.6) is 11.5 Å². The van der Waals surface area contributed by atoms with Crippen LogP contribution in [0.25, 0.3) is 0 Å². The monoisotopic (exact) mass is 636 g/mol. The minimum absolute atomic E-state index is 0.0625. The molecule has 46 heavy (non-hydrogen) atoms. The molecule has 14 nitrogen and oxygen atoms in total. The summed E-state index contributed by atoms with van der Waals surface area (Å²) in [6.07, 6.45) is 14.5. The van der Waals surface area contributed by atoms with Crippen molar-refractivity contribution in [2.24, 2.45) is 9.98 Å². The molecule has 2 aliphatic heterocycles. The number of benzene rings is 2. The molecule has 0 saturated heterocycles. The van der Waals surface area contributed by atoms with Crippen molar-refractivity contribution < 1.29 is 28.9 Å². The highest BCUT2D eigenvalue weighted by Crippen LogP contribution is 2.23. The van der Waals surface area contributed by atoms with Gasteiger partial charge < -0.3 is 9.47 Å². The Hall–Kier alpha value is -4.88. The van der Waals surface area contributed by atoms with Crippen molar-refractivity contribution in [1.29, 1.82) is 0 Å². The van der Waals surface area contributed by atoms with Gasteiger partial charge in [-0.25, -0.2) is 9.59 Å². The Morgan fingerprint density at radius 2 is 0.935 bits per heavy atom. The minimum Gasteiger partial charge on any atom is -0.410 e. The molecule has 0 bridgehead atoms. The van der Waals surface area contributed by atoms with Gasteiger partial charge >= 0.3 is 12.2 Å². The van der Waals surface area contributed by atoms with Gasteiger partial charge in [-0.1, -0.05) is 51.4 Å². The Labute approximate surface area is 267 Å². The lowest BCUT2D eigenvalue weighted by Crippen LogP contribution is -2.38. The van der Waals surface area contributed by atoms with E-state index < -0.39 is 22.0 Å². The van der Waals surface area contributed by atoms with Crippen molar-refractivity contribution in [3.8, 4) is 11.5 Å². The van der Waals surface area contributed by atoms with E-state index in [0.29, 0.717) is 13.1 Å². The van der Waals surface area contributed by atoms with Gasteiger partial charge in [-0.3, -0.25) is 40.0 Å². The molecule has 4 rings (SSSR count). The van der Waals surface area contributed by atoms with Gasteiger partial charge in [0, 0.05) is 36.7 Å². The number of carbonyl (C=O) groups is 2. The van der Waals surface area contributed by atoms with Gasteiger partial charge in [-0.2, -0.15) is 0 Å². The number of unbranched alkanes of at least 4 members (excludes halogenated alkanes) is 9. The fraction of sp³-hybridized carbons (Fsp3) is 0.500. The van der Waals surface area contributed by atoms with Crippen LogP contribution in [-0.2, 0) is 0 Å². The molecule has 14 heteroatoms. The fourth-order valence-electron chi connectivity index (χ4n) is 5.43. The first-order valence-corrected chi connectivity index (χ1v) is 15.8. The second-order valence-electron chi connectivity index (χ2n) is 11.3. The van der Waals surface area contributed by atoms with Gasteiger partial charge in [0.05, 0.1) is 22.9 Å². The number of aliphatic imine (C=N–C) groups is 2. The molecule has 2 heterocycles. The number of carbonyl (C=O) groups excluding carboxylic acids is 2. The third kappa shape index (κ3) is 10.3. The van der Waals surface area contributed by atoms with Crippen LogP contribution in [0, 0.1) is 20.2 Å². The molecule has 0 radical (unpaired) electrons. The maximum atomic E-state index is 12.6. The lowest BCUT2D eigenvalue weighted by molar-refractivity contribution is -0.385. The van der Waals surface area contributed by atoms with Gasteiger partial charge in [-0.05, 0) is 49.9 Å². The van der Waals surface area contributed by atoms with Crippen molar-refractivity contribution >= 4 is 36.0 Å². The number of non-ortho nitro benzene ring substituents is 2. The molecule has 0 N–H and O–H groups in total. The molecule has 0 fully saturated rings. The van der Waals surface area contributed by atoms with Crippen LogP contribution in [0.4, 0.5) is 21.0 Å². The average molecular weight is 637 g/mol. The summed E-state index contributed by atoms with van der Waals surface area (Å²) >= 11 is 0. The summed E-state index contributed by atoms with van der Waals surface area (Å²) in [4.78, 5) is 57.8. The molecule has 0 aromatic heterocycles. The molecule has 2 aromatic carbocycles. The second-order valence-corrected chi connectivity index (χ2v) is 11.3. The van der Waals surface area contributed by atoms with E-state index in [2.05, 4.69) is 9.98 Å². The third-order valence-corrected chi connectivity index (χ3v) is 7.98. The molecule has 0 saturated carbocycles. The van der Waals surface area contributed by atoms with E-state index in [-0.39, 0.29) is 35.2 Å². The maximum absolute atomic E-state index is 12.6. The quantitative estimate of drug-likeness (QED) is 0.0988. The largest absolute Gasteiger partial charge is 0.417 e. The lowest BCUT2D eigenvalue weighted by atomic mass is 10.0. The van der Waals surface area contributed by atoms with Crippen molar-refractivity contribution in [2.75, 3.05) is 13.1 Å². The van der Waals surface area contributed by atoms with Crippen LogP contribution < -0.4 is 9.47 Å². The normalized spacial score (nSPS) is 17.0. The topological polar surface area (TPSA) is 170 Å². The van der Waals surface area contributed by atoms with Crippen LogP contribution in [0.3, 0.4) is 0 Å². The first kappa shape index (κ1) is 34.0. The number of ether oxygens (including phenoxy) is 2. The smallest absolute Gasteiger partial charge is 0.410 e. The molecule has 2 aliphatic rings. The molecule has 2 amide bonds. The fourth-order valence-corrected chi connectivity index (χ4v) is 5.43.